The van der Waals surface area contributed by atoms with Gasteiger partial charge in [0, 0.05) is 12.1 Å². The van der Waals surface area contributed by atoms with Crippen molar-refractivity contribution in [3.05, 3.63) is 0 Å². The van der Waals surface area contributed by atoms with Gasteiger partial charge in [0.05, 0.1) is 0 Å². The fourth-order valence-electron chi connectivity index (χ4n) is 3.81. The molecule has 0 aromatic carbocycles. The molecule has 2 heteroatoms. The lowest BCUT2D eigenvalue weighted by Gasteiger charge is -2.43. The van der Waals surface area contributed by atoms with Crippen molar-refractivity contribution >= 4 is 0 Å². The monoisotopic (exact) mass is 268 g/mol. The number of hydrogen-bond acceptors (Lipinski definition) is 2. The summed E-state index contributed by atoms with van der Waals surface area (Å²) in [5.74, 6) is 0. The molecule has 114 valence electrons. The van der Waals surface area contributed by atoms with Crippen molar-refractivity contribution in [1.82, 2.24) is 4.90 Å². The van der Waals surface area contributed by atoms with Gasteiger partial charge in [-0.15, -0.1) is 0 Å². The van der Waals surface area contributed by atoms with Crippen LogP contribution in [0.5, 0.6) is 0 Å². The van der Waals surface area contributed by atoms with Crippen LogP contribution in [-0.2, 0) is 0 Å². The van der Waals surface area contributed by atoms with E-state index >= 15 is 0 Å². The fraction of sp³-hybridized carbons (Fsp3) is 1.00. The van der Waals surface area contributed by atoms with Gasteiger partial charge in [-0.25, -0.2) is 0 Å². The molecule has 0 bridgehead atoms. The number of nitrogens with two attached hydrogens (primary N) is 1. The van der Waals surface area contributed by atoms with E-state index in [0.717, 1.165) is 19.6 Å². The molecule has 1 saturated carbocycles. The lowest BCUT2D eigenvalue weighted by atomic mass is 9.84. The van der Waals surface area contributed by atoms with Crippen LogP contribution in [0.1, 0.15) is 84.5 Å². The first kappa shape index (κ1) is 17.0. The van der Waals surface area contributed by atoms with Crippen LogP contribution in [0.3, 0.4) is 0 Å². The predicted molar refractivity (Wildman–Crippen MR) is 85.5 cm³/mol. The molecule has 2 N–H and O–H groups in total. The van der Waals surface area contributed by atoms with Crippen molar-refractivity contribution in [2.24, 2.45) is 5.73 Å². The maximum Gasteiger partial charge on any atom is 0.0331 e. The van der Waals surface area contributed by atoms with Crippen molar-refractivity contribution in [3.8, 4) is 0 Å². The highest BCUT2D eigenvalue weighted by Gasteiger charge is 2.32. The molecule has 1 aliphatic carbocycles. The molecule has 1 aliphatic rings. The summed E-state index contributed by atoms with van der Waals surface area (Å²) in [4.78, 5) is 2.64. The molecule has 1 fully saturated rings. The Bertz CT molecular complexity index is 199. The largest absolute Gasteiger partial charge is 0.329 e. The van der Waals surface area contributed by atoms with Crippen molar-refractivity contribution in [2.45, 2.75) is 90.0 Å². The molecule has 0 amide bonds. The number of rotatable bonds is 4. The SMILES string of the molecule is CCN(CC)C1(CN)CCCCCCCCCCC1. The third kappa shape index (κ3) is 5.43. The van der Waals surface area contributed by atoms with E-state index in [-0.39, 0.29) is 0 Å². The smallest absolute Gasteiger partial charge is 0.0331 e. The van der Waals surface area contributed by atoms with Gasteiger partial charge >= 0.3 is 0 Å². The molecule has 0 aromatic heterocycles. The normalized spacial score (nSPS) is 22.7. The minimum atomic E-state index is 0.294. The molecule has 1 rings (SSSR count). The number of likely N-dealkylation sites (N-methyl/N-ethyl adjacent to an activating group) is 1. The van der Waals surface area contributed by atoms with Crippen molar-refractivity contribution in [2.75, 3.05) is 19.6 Å². The highest BCUT2D eigenvalue weighted by molar-refractivity contribution is 4.91. The van der Waals surface area contributed by atoms with Crippen LogP contribution in [0.2, 0.25) is 0 Å². The highest BCUT2D eigenvalue weighted by Crippen LogP contribution is 2.29. The molecule has 0 atom stereocenters. The first-order chi connectivity index (χ1) is 9.29. The second-order valence-electron chi connectivity index (χ2n) is 6.28. The Morgan fingerprint density at radius 1 is 0.737 bits per heavy atom. The molecule has 0 aliphatic heterocycles. The van der Waals surface area contributed by atoms with E-state index < -0.39 is 0 Å². The van der Waals surface area contributed by atoms with Gasteiger partial charge in [-0.1, -0.05) is 71.6 Å². The Morgan fingerprint density at radius 3 is 1.42 bits per heavy atom. The summed E-state index contributed by atoms with van der Waals surface area (Å²) in [5.41, 5.74) is 6.52. The van der Waals surface area contributed by atoms with Gasteiger partial charge in [-0.3, -0.25) is 4.90 Å². The molecule has 19 heavy (non-hydrogen) atoms. The minimum Gasteiger partial charge on any atom is -0.329 e. The molecule has 2 nitrogen and oxygen atoms in total. The first-order valence-electron chi connectivity index (χ1n) is 8.74. The molecular formula is C17H36N2. The van der Waals surface area contributed by atoms with Crippen LogP contribution < -0.4 is 5.73 Å². The first-order valence-corrected chi connectivity index (χ1v) is 8.74. The summed E-state index contributed by atoms with van der Waals surface area (Å²) in [7, 11) is 0. The van der Waals surface area contributed by atoms with Gasteiger partial charge < -0.3 is 5.73 Å². The quantitative estimate of drug-likeness (QED) is 0.822. The standard InChI is InChI=1S/C17H36N2/c1-3-19(4-2)17(16-18)14-12-10-8-6-5-7-9-11-13-15-17/h3-16,18H2,1-2H3. The van der Waals surface area contributed by atoms with Crippen LogP contribution in [0.15, 0.2) is 0 Å². The van der Waals surface area contributed by atoms with Crippen LogP contribution >= 0.6 is 0 Å². The molecule has 0 spiro atoms. The summed E-state index contributed by atoms with van der Waals surface area (Å²) in [6.07, 6.45) is 15.4. The van der Waals surface area contributed by atoms with Gasteiger partial charge in [0.15, 0.2) is 0 Å². The Morgan fingerprint density at radius 2 is 1.11 bits per heavy atom. The zero-order valence-corrected chi connectivity index (χ0v) is 13.4. The summed E-state index contributed by atoms with van der Waals surface area (Å²) in [6.45, 7) is 7.71. The predicted octanol–water partition coefficient (Wildman–Crippen LogP) is 4.33. The third-order valence-corrected chi connectivity index (χ3v) is 5.10. The van der Waals surface area contributed by atoms with Crippen LogP contribution in [0.25, 0.3) is 0 Å². The second kappa shape index (κ2) is 9.77. The molecule has 0 saturated heterocycles. The minimum absolute atomic E-state index is 0.294. The average Bonchev–Trinajstić information content (AvgIpc) is 2.42. The topological polar surface area (TPSA) is 29.3 Å². The number of nitrogens with zero attached hydrogens (tertiary/aromatic N) is 1. The van der Waals surface area contributed by atoms with Gasteiger partial charge in [-0.05, 0) is 25.9 Å². The lowest BCUT2D eigenvalue weighted by Crippen LogP contribution is -2.53. The van der Waals surface area contributed by atoms with E-state index in [1.807, 2.05) is 0 Å². The summed E-state index contributed by atoms with van der Waals surface area (Å²) >= 11 is 0. The third-order valence-electron chi connectivity index (χ3n) is 5.10. The maximum atomic E-state index is 6.23. The van der Waals surface area contributed by atoms with Crippen LogP contribution in [-0.4, -0.2) is 30.1 Å². The molecule has 0 unspecified atom stereocenters. The van der Waals surface area contributed by atoms with Gasteiger partial charge in [0.2, 0.25) is 0 Å². The Labute approximate surface area is 121 Å². The molecular weight excluding hydrogens is 232 g/mol. The van der Waals surface area contributed by atoms with Crippen molar-refractivity contribution in [3.63, 3.8) is 0 Å². The van der Waals surface area contributed by atoms with Crippen LogP contribution in [0.4, 0.5) is 0 Å². The van der Waals surface area contributed by atoms with E-state index in [4.69, 9.17) is 5.73 Å². The zero-order valence-electron chi connectivity index (χ0n) is 13.4. The molecule has 0 aromatic rings. The van der Waals surface area contributed by atoms with Crippen molar-refractivity contribution < 1.29 is 0 Å². The zero-order chi connectivity index (χ0) is 14.0. The van der Waals surface area contributed by atoms with Gasteiger partial charge in [0.25, 0.3) is 0 Å². The lowest BCUT2D eigenvalue weighted by molar-refractivity contribution is 0.0811. The summed E-state index contributed by atoms with van der Waals surface area (Å²) in [6, 6.07) is 0. The maximum absolute atomic E-state index is 6.23. The second-order valence-corrected chi connectivity index (χ2v) is 6.28. The van der Waals surface area contributed by atoms with Gasteiger partial charge in [0.1, 0.15) is 0 Å². The summed E-state index contributed by atoms with van der Waals surface area (Å²) < 4.78 is 0. The Hall–Kier alpha value is -0.0800. The van der Waals surface area contributed by atoms with E-state index in [1.165, 1.54) is 70.6 Å². The Balaban J connectivity index is 2.65. The molecule has 0 radical (unpaired) electrons. The molecule has 0 heterocycles. The average molecular weight is 268 g/mol. The highest BCUT2D eigenvalue weighted by atomic mass is 15.2. The van der Waals surface area contributed by atoms with E-state index in [2.05, 4.69) is 18.7 Å². The van der Waals surface area contributed by atoms with E-state index in [0.29, 0.717) is 5.54 Å². The van der Waals surface area contributed by atoms with Crippen molar-refractivity contribution in [1.29, 1.82) is 0 Å². The summed E-state index contributed by atoms with van der Waals surface area (Å²) in [5, 5.41) is 0. The van der Waals surface area contributed by atoms with E-state index in [9.17, 15) is 0 Å². The van der Waals surface area contributed by atoms with E-state index in [1.54, 1.807) is 0 Å². The fourth-order valence-corrected chi connectivity index (χ4v) is 3.81. The van der Waals surface area contributed by atoms with Gasteiger partial charge in [-0.2, -0.15) is 0 Å². The van der Waals surface area contributed by atoms with Crippen LogP contribution in [0, 0.1) is 0 Å². The Kier molecular flexibility index (Phi) is 8.72. The number of hydrogen-bond donors (Lipinski definition) is 1.